The molecule has 2 nitrogen and oxygen atoms in total. The molecule has 0 aliphatic rings. The van der Waals surface area contributed by atoms with Crippen molar-refractivity contribution in [2.45, 2.75) is 26.7 Å². The Labute approximate surface area is 78.0 Å². The van der Waals surface area contributed by atoms with Crippen LogP contribution in [0.5, 0.6) is 0 Å². The topological polar surface area (TPSA) is 28.7 Å². The van der Waals surface area contributed by atoms with Gasteiger partial charge in [0.25, 0.3) is 0 Å². The summed E-state index contributed by atoms with van der Waals surface area (Å²) in [4.78, 5) is 0. The normalized spacial score (nSPS) is 10.9. The van der Waals surface area contributed by atoms with Crippen LogP contribution in [0.2, 0.25) is 0 Å². The summed E-state index contributed by atoms with van der Waals surface area (Å²) in [5.41, 5.74) is 4.02. The first-order valence-corrected chi connectivity index (χ1v) is 4.80. The fourth-order valence-electron chi connectivity index (χ4n) is 1.74. The summed E-state index contributed by atoms with van der Waals surface area (Å²) < 4.78 is 0. The van der Waals surface area contributed by atoms with E-state index in [1.54, 1.807) is 0 Å². The lowest BCUT2D eigenvalue weighted by Crippen LogP contribution is -1.90. The zero-order valence-corrected chi connectivity index (χ0v) is 8.09. The Balaban J connectivity index is 2.67. The highest BCUT2D eigenvalue weighted by Gasteiger charge is 2.02. The lowest BCUT2D eigenvalue weighted by Gasteiger charge is -2.04. The minimum Gasteiger partial charge on any atom is -0.278 e. The summed E-state index contributed by atoms with van der Waals surface area (Å²) in [7, 11) is 0. The van der Waals surface area contributed by atoms with E-state index in [2.05, 4.69) is 36.2 Å². The summed E-state index contributed by atoms with van der Waals surface area (Å²) in [5, 5.41) is 8.24. The van der Waals surface area contributed by atoms with Crippen LogP contribution in [0.15, 0.2) is 18.3 Å². The maximum Gasteiger partial charge on any atom is 0.0653 e. The molecule has 1 N–H and O–H groups in total. The molecule has 0 bridgehead atoms. The molecule has 0 saturated heterocycles. The Bertz CT molecular complexity index is 377. The summed E-state index contributed by atoms with van der Waals surface area (Å²) in [6.07, 6.45) is 4.08. The number of aromatic amines is 1. The highest BCUT2D eigenvalue weighted by atomic mass is 15.1. The molecule has 0 spiro atoms. The first kappa shape index (κ1) is 8.30. The van der Waals surface area contributed by atoms with Crippen LogP contribution >= 0.6 is 0 Å². The van der Waals surface area contributed by atoms with Crippen molar-refractivity contribution < 1.29 is 0 Å². The van der Waals surface area contributed by atoms with Gasteiger partial charge in [-0.25, -0.2) is 0 Å². The lowest BCUT2D eigenvalue weighted by atomic mass is 10.0. The molecule has 0 radical (unpaired) electrons. The number of nitrogens with one attached hydrogen (secondary N) is 1. The summed E-state index contributed by atoms with van der Waals surface area (Å²) in [5.74, 6) is 0. The number of H-pyrrole nitrogens is 1. The Morgan fingerprint density at radius 2 is 1.85 bits per heavy atom. The maximum absolute atomic E-state index is 4.03. The summed E-state index contributed by atoms with van der Waals surface area (Å²) in [6, 6.07) is 4.44. The average Bonchev–Trinajstić information content (AvgIpc) is 2.62. The van der Waals surface area contributed by atoms with Gasteiger partial charge in [0, 0.05) is 5.39 Å². The van der Waals surface area contributed by atoms with E-state index in [0.29, 0.717) is 0 Å². The van der Waals surface area contributed by atoms with Crippen molar-refractivity contribution in [3.05, 3.63) is 29.5 Å². The summed E-state index contributed by atoms with van der Waals surface area (Å²) in [6.45, 7) is 4.39. The SMILES string of the molecule is CCc1cc2cn[nH]c2cc1CC. The molecule has 0 atom stereocenters. The average molecular weight is 174 g/mol. The highest BCUT2D eigenvalue weighted by Crippen LogP contribution is 2.18. The molecule has 0 fully saturated rings. The van der Waals surface area contributed by atoms with Gasteiger partial charge in [-0.05, 0) is 36.1 Å². The number of hydrogen-bond donors (Lipinski definition) is 1. The summed E-state index contributed by atoms with van der Waals surface area (Å²) >= 11 is 0. The number of aromatic nitrogens is 2. The van der Waals surface area contributed by atoms with Crippen molar-refractivity contribution in [2.24, 2.45) is 0 Å². The third-order valence-corrected chi connectivity index (χ3v) is 2.52. The third kappa shape index (κ3) is 1.32. The van der Waals surface area contributed by atoms with Gasteiger partial charge in [-0.2, -0.15) is 5.10 Å². The standard InChI is InChI=1S/C11H14N2/c1-3-8-5-10-7-12-13-11(10)6-9(8)4-2/h5-7H,3-4H2,1-2H3,(H,12,13). The van der Waals surface area contributed by atoms with Crippen molar-refractivity contribution in [1.29, 1.82) is 0 Å². The van der Waals surface area contributed by atoms with Crippen LogP contribution < -0.4 is 0 Å². The fourth-order valence-corrected chi connectivity index (χ4v) is 1.74. The van der Waals surface area contributed by atoms with E-state index in [0.717, 1.165) is 18.4 Å². The van der Waals surface area contributed by atoms with Gasteiger partial charge in [0.2, 0.25) is 0 Å². The molecule has 0 aliphatic carbocycles. The van der Waals surface area contributed by atoms with E-state index in [4.69, 9.17) is 0 Å². The molecule has 0 unspecified atom stereocenters. The second kappa shape index (κ2) is 3.21. The Morgan fingerprint density at radius 3 is 2.54 bits per heavy atom. The molecule has 68 valence electrons. The largest absolute Gasteiger partial charge is 0.278 e. The van der Waals surface area contributed by atoms with E-state index in [-0.39, 0.29) is 0 Å². The van der Waals surface area contributed by atoms with E-state index in [1.165, 1.54) is 16.5 Å². The van der Waals surface area contributed by atoms with Gasteiger partial charge in [0.1, 0.15) is 0 Å². The van der Waals surface area contributed by atoms with Gasteiger partial charge in [-0.3, -0.25) is 5.10 Å². The number of rotatable bonds is 2. The van der Waals surface area contributed by atoms with Gasteiger partial charge < -0.3 is 0 Å². The minimum atomic E-state index is 1.10. The minimum absolute atomic E-state index is 1.10. The van der Waals surface area contributed by atoms with Gasteiger partial charge >= 0.3 is 0 Å². The van der Waals surface area contributed by atoms with Crippen molar-refractivity contribution in [2.75, 3.05) is 0 Å². The lowest BCUT2D eigenvalue weighted by molar-refractivity contribution is 1.04. The molecule has 0 amide bonds. The molecular weight excluding hydrogens is 160 g/mol. The van der Waals surface area contributed by atoms with Crippen LogP contribution in [0.1, 0.15) is 25.0 Å². The van der Waals surface area contributed by atoms with Crippen LogP contribution in [0.25, 0.3) is 10.9 Å². The number of benzene rings is 1. The molecule has 2 aromatic rings. The predicted molar refractivity (Wildman–Crippen MR) is 54.8 cm³/mol. The van der Waals surface area contributed by atoms with E-state index < -0.39 is 0 Å². The zero-order chi connectivity index (χ0) is 9.26. The molecule has 2 rings (SSSR count). The van der Waals surface area contributed by atoms with Crippen molar-refractivity contribution in [1.82, 2.24) is 10.2 Å². The second-order valence-electron chi connectivity index (χ2n) is 3.29. The Morgan fingerprint density at radius 1 is 1.15 bits per heavy atom. The first-order valence-electron chi connectivity index (χ1n) is 4.80. The van der Waals surface area contributed by atoms with Crippen LogP contribution in [0.3, 0.4) is 0 Å². The number of hydrogen-bond acceptors (Lipinski definition) is 1. The van der Waals surface area contributed by atoms with Gasteiger partial charge in [0.15, 0.2) is 0 Å². The Kier molecular flexibility index (Phi) is 2.05. The van der Waals surface area contributed by atoms with Gasteiger partial charge in [-0.1, -0.05) is 13.8 Å². The first-order chi connectivity index (χ1) is 6.35. The predicted octanol–water partition coefficient (Wildman–Crippen LogP) is 2.69. The van der Waals surface area contributed by atoms with Gasteiger partial charge in [0.05, 0.1) is 11.7 Å². The fraction of sp³-hybridized carbons (Fsp3) is 0.364. The smallest absolute Gasteiger partial charge is 0.0653 e. The molecule has 13 heavy (non-hydrogen) atoms. The Hall–Kier alpha value is -1.31. The molecule has 1 heterocycles. The molecule has 0 aliphatic heterocycles. The van der Waals surface area contributed by atoms with E-state index in [1.807, 2.05) is 6.20 Å². The van der Waals surface area contributed by atoms with E-state index >= 15 is 0 Å². The number of aryl methyl sites for hydroxylation is 2. The number of fused-ring (bicyclic) bond motifs is 1. The molecule has 1 aromatic heterocycles. The highest BCUT2D eigenvalue weighted by molar-refractivity contribution is 5.79. The van der Waals surface area contributed by atoms with Crippen LogP contribution in [0.4, 0.5) is 0 Å². The zero-order valence-electron chi connectivity index (χ0n) is 8.09. The van der Waals surface area contributed by atoms with Crippen molar-refractivity contribution in [3.8, 4) is 0 Å². The maximum atomic E-state index is 4.03. The van der Waals surface area contributed by atoms with Crippen LogP contribution in [-0.2, 0) is 12.8 Å². The monoisotopic (exact) mass is 174 g/mol. The molecule has 0 saturated carbocycles. The molecular formula is C11H14N2. The van der Waals surface area contributed by atoms with Crippen molar-refractivity contribution in [3.63, 3.8) is 0 Å². The third-order valence-electron chi connectivity index (χ3n) is 2.52. The van der Waals surface area contributed by atoms with Crippen molar-refractivity contribution >= 4 is 10.9 Å². The van der Waals surface area contributed by atoms with Crippen LogP contribution in [0, 0.1) is 0 Å². The van der Waals surface area contributed by atoms with Gasteiger partial charge in [-0.15, -0.1) is 0 Å². The van der Waals surface area contributed by atoms with Crippen LogP contribution in [-0.4, -0.2) is 10.2 Å². The number of nitrogens with zero attached hydrogens (tertiary/aromatic N) is 1. The van der Waals surface area contributed by atoms with E-state index in [9.17, 15) is 0 Å². The molecule has 2 heteroatoms. The quantitative estimate of drug-likeness (QED) is 0.745. The molecule has 1 aromatic carbocycles. The second-order valence-corrected chi connectivity index (χ2v) is 3.29.